The number of nitrogens with zero attached hydrogens (tertiary/aromatic N) is 1. The van der Waals surface area contributed by atoms with Gasteiger partial charge in [-0.3, -0.25) is 14.5 Å². The quantitative estimate of drug-likeness (QED) is 0.632. The number of carbonyl (C=O) groups is 3. The van der Waals surface area contributed by atoms with E-state index in [9.17, 15) is 14.4 Å². The Kier molecular flexibility index (Phi) is 5.11. The second kappa shape index (κ2) is 6.90. The highest BCUT2D eigenvalue weighted by atomic mass is 16.5. The first-order valence-electron chi connectivity index (χ1n) is 7.84. The number of imide groups is 1. The minimum Gasteiger partial charge on any atom is -0.496 e. The molecule has 0 saturated carbocycles. The SMILES string of the molecule is CCOC(=O)CN1C(=O)NC(CC)(c2ccc(OC)c(C)c2)C1=O. The molecule has 1 aliphatic rings. The number of amides is 3. The fraction of sp³-hybridized carbons (Fsp3) is 0.471. The maximum atomic E-state index is 12.9. The molecule has 7 heteroatoms. The van der Waals surface area contributed by atoms with Crippen LogP contribution < -0.4 is 10.1 Å². The standard InChI is InChI=1S/C17H22N2O5/c1-5-17(12-7-8-13(23-4)11(3)9-12)15(21)19(16(22)18-17)10-14(20)24-6-2/h7-9H,5-6,10H2,1-4H3,(H,18,22). The Bertz CT molecular complexity index is 673. The van der Waals surface area contributed by atoms with Gasteiger partial charge in [-0.15, -0.1) is 0 Å². The molecule has 0 aromatic heterocycles. The second-order valence-electron chi connectivity index (χ2n) is 5.57. The van der Waals surface area contributed by atoms with E-state index in [1.54, 1.807) is 26.2 Å². The third-order valence-electron chi connectivity index (χ3n) is 4.19. The van der Waals surface area contributed by atoms with Gasteiger partial charge in [-0.25, -0.2) is 4.79 Å². The first kappa shape index (κ1) is 17.8. The van der Waals surface area contributed by atoms with Crippen LogP contribution in [0.15, 0.2) is 18.2 Å². The topological polar surface area (TPSA) is 84.9 Å². The van der Waals surface area contributed by atoms with Crippen molar-refractivity contribution in [2.75, 3.05) is 20.3 Å². The lowest BCUT2D eigenvalue weighted by Crippen LogP contribution is -2.44. The molecule has 0 spiro atoms. The molecule has 1 atom stereocenters. The van der Waals surface area contributed by atoms with Crippen molar-refractivity contribution in [2.45, 2.75) is 32.7 Å². The molecule has 0 radical (unpaired) electrons. The number of hydrogen-bond acceptors (Lipinski definition) is 5. The van der Waals surface area contributed by atoms with E-state index in [-0.39, 0.29) is 6.61 Å². The van der Waals surface area contributed by atoms with E-state index in [0.29, 0.717) is 17.7 Å². The lowest BCUT2D eigenvalue weighted by Gasteiger charge is -2.26. The highest BCUT2D eigenvalue weighted by Crippen LogP contribution is 2.34. The van der Waals surface area contributed by atoms with Crippen LogP contribution in [0, 0.1) is 6.92 Å². The van der Waals surface area contributed by atoms with E-state index in [1.165, 1.54) is 0 Å². The van der Waals surface area contributed by atoms with Gasteiger partial charge in [-0.2, -0.15) is 0 Å². The monoisotopic (exact) mass is 334 g/mol. The molecule has 24 heavy (non-hydrogen) atoms. The summed E-state index contributed by atoms with van der Waals surface area (Å²) < 4.78 is 10.1. The maximum absolute atomic E-state index is 12.9. The van der Waals surface area contributed by atoms with Gasteiger partial charge in [0.2, 0.25) is 0 Å². The minimum absolute atomic E-state index is 0.194. The van der Waals surface area contributed by atoms with Crippen molar-refractivity contribution in [1.82, 2.24) is 10.2 Å². The molecular formula is C17H22N2O5. The van der Waals surface area contributed by atoms with E-state index in [1.807, 2.05) is 19.9 Å². The number of carbonyl (C=O) groups excluding carboxylic acids is 3. The molecule has 1 unspecified atom stereocenters. The van der Waals surface area contributed by atoms with Crippen molar-refractivity contribution in [3.05, 3.63) is 29.3 Å². The van der Waals surface area contributed by atoms with E-state index in [2.05, 4.69) is 5.32 Å². The second-order valence-corrected chi connectivity index (χ2v) is 5.57. The van der Waals surface area contributed by atoms with Crippen molar-refractivity contribution < 1.29 is 23.9 Å². The minimum atomic E-state index is -1.18. The van der Waals surface area contributed by atoms with Gasteiger partial charge in [0.15, 0.2) is 0 Å². The molecule has 1 aliphatic heterocycles. The first-order chi connectivity index (χ1) is 11.4. The van der Waals surface area contributed by atoms with Crippen LogP contribution >= 0.6 is 0 Å². The van der Waals surface area contributed by atoms with Crippen molar-refractivity contribution in [2.24, 2.45) is 0 Å². The van der Waals surface area contributed by atoms with Crippen LogP contribution in [0.4, 0.5) is 4.79 Å². The molecule has 1 fully saturated rings. The molecule has 1 aromatic carbocycles. The Morgan fingerprint density at radius 2 is 2.00 bits per heavy atom. The molecule has 7 nitrogen and oxygen atoms in total. The summed E-state index contributed by atoms with van der Waals surface area (Å²) in [6.07, 6.45) is 0.364. The number of urea groups is 1. The molecule has 0 aliphatic carbocycles. The number of nitrogens with one attached hydrogen (secondary N) is 1. The highest BCUT2D eigenvalue weighted by Gasteiger charge is 2.51. The van der Waals surface area contributed by atoms with Crippen LogP contribution in [-0.2, 0) is 19.9 Å². The Balaban J connectivity index is 2.36. The summed E-state index contributed by atoms with van der Waals surface area (Å²) in [5.41, 5.74) is 0.336. The molecule has 1 heterocycles. The van der Waals surface area contributed by atoms with Gasteiger partial charge in [-0.1, -0.05) is 13.0 Å². The van der Waals surface area contributed by atoms with Crippen LogP contribution in [0.5, 0.6) is 5.75 Å². The van der Waals surface area contributed by atoms with Gasteiger partial charge in [-0.05, 0) is 43.5 Å². The molecular weight excluding hydrogens is 312 g/mol. The Labute approximate surface area is 140 Å². The molecule has 1 saturated heterocycles. The molecule has 1 aromatic rings. The number of benzene rings is 1. The zero-order valence-corrected chi connectivity index (χ0v) is 14.3. The Morgan fingerprint density at radius 1 is 1.29 bits per heavy atom. The van der Waals surface area contributed by atoms with Crippen LogP contribution in [0.3, 0.4) is 0 Å². The van der Waals surface area contributed by atoms with Gasteiger partial charge in [0, 0.05) is 0 Å². The Hall–Kier alpha value is -2.57. The van der Waals surface area contributed by atoms with Crippen molar-refractivity contribution in [1.29, 1.82) is 0 Å². The van der Waals surface area contributed by atoms with E-state index >= 15 is 0 Å². The number of rotatable bonds is 6. The fourth-order valence-electron chi connectivity index (χ4n) is 2.89. The van der Waals surface area contributed by atoms with Crippen molar-refractivity contribution >= 4 is 17.9 Å². The smallest absolute Gasteiger partial charge is 0.326 e. The summed E-state index contributed by atoms with van der Waals surface area (Å²) in [5, 5.41) is 2.73. The maximum Gasteiger partial charge on any atom is 0.326 e. The average molecular weight is 334 g/mol. The van der Waals surface area contributed by atoms with E-state index in [4.69, 9.17) is 9.47 Å². The number of hydrogen-bond donors (Lipinski definition) is 1. The van der Waals surface area contributed by atoms with Crippen molar-refractivity contribution in [3.63, 3.8) is 0 Å². The van der Waals surface area contributed by atoms with Gasteiger partial charge in [0.05, 0.1) is 13.7 Å². The van der Waals surface area contributed by atoms with Gasteiger partial charge in [0.25, 0.3) is 5.91 Å². The fourth-order valence-corrected chi connectivity index (χ4v) is 2.89. The summed E-state index contributed by atoms with van der Waals surface area (Å²) in [7, 11) is 1.57. The third-order valence-corrected chi connectivity index (χ3v) is 4.19. The Morgan fingerprint density at radius 3 is 2.54 bits per heavy atom. The zero-order valence-electron chi connectivity index (χ0n) is 14.3. The lowest BCUT2D eigenvalue weighted by molar-refractivity contribution is -0.147. The summed E-state index contributed by atoms with van der Waals surface area (Å²) in [5.74, 6) is -0.364. The summed E-state index contributed by atoms with van der Waals surface area (Å²) in [6, 6.07) is 4.73. The number of aryl methyl sites for hydroxylation is 1. The zero-order chi connectivity index (χ0) is 17.9. The van der Waals surface area contributed by atoms with Gasteiger partial charge >= 0.3 is 12.0 Å². The van der Waals surface area contributed by atoms with Gasteiger partial charge < -0.3 is 14.8 Å². The largest absolute Gasteiger partial charge is 0.496 e. The molecule has 3 amide bonds. The molecule has 130 valence electrons. The lowest BCUT2D eigenvalue weighted by atomic mass is 9.86. The predicted octanol–water partition coefficient (Wildman–Crippen LogP) is 1.72. The summed E-state index contributed by atoms with van der Waals surface area (Å²) in [6.45, 7) is 5.14. The number of esters is 1. The molecule has 2 rings (SSSR count). The van der Waals surface area contributed by atoms with Crippen LogP contribution in [-0.4, -0.2) is 43.1 Å². The van der Waals surface area contributed by atoms with Crippen LogP contribution in [0.2, 0.25) is 0 Å². The normalized spacial score (nSPS) is 20.1. The van der Waals surface area contributed by atoms with Gasteiger partial charge in [0.1, 0.15) is 17.8 Å². The van der Waals surface area contributed by atoms with E-state index in [0.717, 1.165) is 10.5 Å². The van der Waals surface area contributed by atoms with Crippen molar-refractivity contribution in [3.8, 4) is 5.75 Å². The van der Waals surface area contributed by atoms with E-state index < -0.39 is 30.0 Å². The summed E-state index contributed by atoms with van der Waals surface area (Å²) in [4.78, 5) is 37.7. The van der Waals surface area contributed by atoms with Crippen LogP contribution in [0.1, 0.15) is 31.4 Å². The average Bonchev–Trinajstić information content (AvgIpc) is 2.80. The molecule has 0 bridgehead atoms. The first-order valence-corrected chi connectivity index (χ1v) is 7.84. The highest BCUT2D eigenvalue weighted by molar-refractivity contribution is 6.09. The van der Waals surface area contributed by atoms with Crippen LogP contribution in [0.25, 0.3) is 0 Å². The number of ether oxygens (including phenoxy) is 2. The third kappa shape index (κ3) is 2.93. The summed E-state index contributed by atoms with van der Waals surface area (Å²) >= 11 is 0. The number of methoxy groups -OCH3 is 1. The molecule has 1 N–H and O–H groups in total. The predicted molar refractivity (Wildman–Crippen MR) is 86.6 cm³/mol.